The highest BCUT2D eigenvalue weighted by Gasteiger charge is 2.23. The Morgan fingerprint density at radius 2 is 2.33 bits per heavy atom. The second-order valence-electron chi connectivity index (χ2n) is 4.51. The summed E-state index contributed by atoms with van der Waals surface area (Å²) in [5, 5.41) is 3.43. The van der Waals surface area contributed by atoms with E-state index in [1.54, 1.807) is 0 Å². The average molecular weight is 168 g/mol. The van der Waals surface area contributed by atoms with Crippen LogP contribution in [0.1, 0.15) is 19.8 Å². The number of likely N-dealkylation sites (tertiary alicyclic amines) is 1. The Morgan fingerprint density at radius 3 is 2.92 bits per heavy atom. The molecule has 0 amide bonds. The first-order chi connectivity index (χ1) is 5.84. The molecule has 0 unspecified atom stereocenters. The van der Waals surface area contributed by atoms with Crippen LogP contribution in [-0.4, -0.2) is 37.6 Å². The van der Waals surface area contributed by atoms with E-state index in [0.29, 0.717) is 0 Å². The van der Waals surface area contributed by atoms with Crippen LogP contribution in [0.4, 0.5) is 0 Å². The minimum Gasteiger partial charge on any atom is -0.316 e. The summed E-state index contributed by atoms with van der Waals surface area (Å²) in [6.07, 6.45) is 2.81. The number of rotatable bonds is 2. The fourth-order valence-corrected chi connectivity index (χ4v) is 2.43. The van der Waals surface area contributed by atoms with E-state index in [1.165, 1.54) is 45.6 Å². The first-order valence-electron chi connectivity index (χ1n) is 5.27. The summed E-state index contributed by atoms with van der Waals surface area (Å²) in [5.74, 6) is 1.88. The van der Waals surface area contributed by atoms with Crippen molar-refractivity contribution in [3.05, 3.63) is 0 Å². The molecule has 0 saturated carbocycles. The van der Waals surface area contributed by atoms with Crippen molar-refractivity contribution in [2.75, 3.05) is 32.7 Å². The third-order valence-electron chi connectivity index (χ3n) is 3.19. The zero-order valence-electron chi connectivity index (χ0n) is 8.05. The van der Waals surface area contributed by atoms with E-state index in [4.69, 9.17) is 0 Å². The van der Waals surface area contributed by atoms with Gasteiger partial charge in [-0.25, -0.2) is 0 Å². The van der Waals surface area contributed by atoms with Crippen molar-refractivity contribution in [2.24, 2.45) is 11.8 Å². The summed E-state index contributed by atoms with van der Waals surface area (Å²) >= 11 is 0. The molecule has 2 heteroatoms. The first-order valence-corrected chi connectivity index (χ1v) is 5.27. The number of nitrogens with one attached hydrogen (secondary N) is 1. The predicted octanol–water partition coefficient (Wildman–Crippen LogP) is 0.938. The molecule has 0 aliphatic carbocycles. The van der Waals surface area contributed by atoms with Gasteiger partial charge in [0.15, 0.2) is 0 Å². The van der Waals surface area contributed by atoms with Gasteiger partial charge in [0.2, 0.25) is 0 Å². The highest BCUT2D eigenvalue weighted by molar-refractivity contribution is 4.79. The molecule has 2 aliphatic heterocycles. The zero-order chi connectivity index (χ0) is 8.39. The van der Waals surface area contributed by atoms with Crippen LogP contribution in [0.2, 0.25) is 0 Å². The maximum Gasteiger partial charge on any atom is 0.00224 e. The van der Waals surface area contributed by atoms with Crippen molar-refractivity contribution >= 4 is 0 Å². The molecule has 2 rings (SSSR count). The summed E-state index contributed by atoms with van der Waals surface area (Å²) in [7, 11) is 0. The molecular formula is C10H20N2. The third kappa shape index (κ3) is 1.99. The maximum absolute atomic E-state index is 3.43. The number of hydrogen-bond acceptors (Lipinski definition) is 2. The van der Waals surface area contributed by atoms with E-state index >= 15 is 0 Å². The Labute approximate surface area is 75.3 Å². The Kier molecular flexibility index (Phi) is 2.66. The second kappa shape index (κ2) is 3.75. The van der Waals surface area contributed by atoms with Gasteiger partial charge < -0.3 is 10.2 Å². The van der Waals surface area contributed by atoms with E-state index in [2.05, 4.69) is 17.1 Å². The monoisotopic (exact) mass is 168 g/mol. The Morgan fingerprint density at radius 1 is 1.42 bits per heavy atom. The fraction of sp³-hybridized carbons (Fsp3) is 1.00. The first kappa shape index (κ1) is 8.52. The molecule has 0 radical (unpaired) electrons. The second-order valence-corrected chi connectivity index (χ2v) is 4.51. The number of hydrogen-bond donors (Lipinski definition) is 1. The van der Waals surface area contributed by atoms with E-state index in [1.807, 2.05) is 0 Å². The standard InChI is InChI=1S/C10H20N2/c1-9-3-5-12(7-9)8-10-2-4-11-6-10/h9-11H,2-8H2,1H3/t9-,10+/m1/s1. The lowest BCUT2D eigenvalue weighted by molar-refractivity contribution is 0.280. The van der Waals surface area contributed by atoms with E-state index in [-0.39, 0.29) is 0 Å². The summed E-state index contributed by atoms with van der Waals surface area (Å²) in [4.78, 5) is 2.64. The summed E-state index contributed by atoms with van der Waals surface area (Å²) in [5.41, 5.74) is 0. The van der Waals surface area contributed by atoms with Gasteiger partial charge in [0.05, 0.1) is 0 Å². The molecule has 0 aromatic rings. The van der Waals surface area contributed by atoms with Crippen LogP contribution in [0, 0.1) is 11.8 Å². The topological polar surface area (TPSA) is 15.3 Å². The smallest absolute Gasteiger partial charge is 0.00224 e. The van der Waals surface area contributed by atoms with Crippen LogP contribution in [0.15, 0.2) is 0 Å². The molecular weight excluding hydrogens is 148 g/mol. The molecule has 0 aromatic heterocycles. The van der Waals surface area contributed by atoms with Crippen LogP contribution in [-0.2, 0) is 0 Å². The van der Waals surface area contributed by atoms with Gasteiger partial charge in [-0.05, 0) is 44.3 Å². The lowest BCUT2D eigenvalue weighted by Gasteiger charge is -2.19. The lowest BCUT2D eigenvalue weighted by atomic mass is 10.1. The summed E-state index contributed by atoms with van der Waals surface area (Å²) in [6.45, 7) is 8.90. The molecule has 2 fully saturated rings. The Balaban J connectivity index is 1.72. The van der Waals surface area contributed by atoms with Crippen molar-refractivity contribution in [2.45, 2.75) is 19.8 Å². The zero-order valence-corrected chi connectivity index (χ0v) is 8.05. The van der Waals surface area contributed by atoms with E-state index in [0.717, 1.165) is 11.8 Å². The van der Waals surface area contributed by atoms with Gasteiger partial charge in [-0.3, -0.25) is 0 Å². The molecule has 2 atom stereocenters. The highest BCUT2D eigenvalue weighted by Crippen LogP contribution is 2.18. The van der Waals surface area contributed by atoms with Crippen molar-refractivity contribution in [1.29, 1.82) is 0 Å². The minimum absolute atomic E-state index is 0.940. The predicted molar refractivity (Wildman–Crippen MR) is 51.2 cm³/mol. The number of nitrogens with zero attached hydrogens (tertiary/aromatic N) is 1. The van der Waals surface area contributed by atoms with Gasteiger partial charge in [-0.2, -0.15) is 0 Å². The molecule has 2 heterocycles. The molecule has 2 saturated heterocycles. The van der Waals surface area contributed by atoms with Crippen molar-refractivity contribution in [3.8, 4) is 0 Å². The van der Waals surface area contributed by atoms with Crippen LogP contribution in [0.3, 0.4) is 0 Å². The normalized spacial score (nSPS) is 37.8. The van der Waals surface area contributed by atoms with Crippen LogP contribution in [0.25, 0.3) is 0 Å². The van der Waals surface area contributed by atoms with Crippen LogP contribution < -0.4 is 5.32 Å². The molecule has 0 bridgehead atoms. The SMILES string of the molecule is C[C@@H]1CCN(C[C@H]2CCNC2)C1. The van der Waals surface area contributed by atoms with Gasteiger partial charge in [0, 0.05) is 13.1 Å². The minimum atomic E-state index is 0.940. The molecule has 70 valence electrons. The van der Waals surface area contributed by atoms with Gasteiger partial charge in [-0.1, -0.05) is 6.92 Å². The van der Waals surface area contributed by atoms with Gasteiger partial charge in [0.1, 0.15) is 0 Å². The van der Waals surface area contributed by atoms with Crippen LogP contribution >= 0.6 is 0 Å². The van der Waals surface area contributed by atoms with Crippen molar-refractivity contribution in [1.82, 2.24) is 10.2 Å². The average Bonchev–Trinajstić information content (AvgIpc) is 2.63. The quantitative estimate of drug-likeness (QED) is 0.660. The highest BCUT2D eigenvalue weighted by atomic mass is 15.1. The van der Waals surface area contributed by atoms with E-state index in [9.17, 15) is 0 Å². The van der Waals surface area contributed by atoms with Gasteiger partial charge in [0.25, 0.3) is 0 Å². The largest absolute Gasteiger partial charge is 0.316 e. The van der Waals surface area contributed by atoms with Crippen molar-refractivity contribution in [3.63, 3.8) is 0 Å². The Hall–Kier alpha value is -0.0800. The Bertz CT molecular complexity index is 141. The molecule has 2 aliphatic rings. The molecule has 0 spiro atoms. The third-order valence-corrected chi connectivity index (χ3v) is 3.19. The van der Waals surface area contributed by atoms with Gasteiger partial charge in [-0.15, -0.1) is 0 Å². The molecule has 12 heavy (non-hydrogen) atoms. The molecule has 2 nitrogen and oxygen atoms in total. The lowest BCUT2D eigenvalue weighted by Crippen LogP contribution is -2.28. The van der Waals surface area contributed by atoms with Crippen LogP contribution in [0.5, 0.6) is 0 Å². The van der Waals surface area contributed by atoms with E-state index < -0.39 is 0 Å². The van der Waals surface area contributed by atoms with Gasteiger partial charge >= 0.3 is 0 Å². The molecule has 1 N–H and O–H groups in total. The molecule has 0 aromatic carbocycles. The van der Waals surface area contributed by atoms with Crippen molar-refractivity contribution < 1.29 is 0 Å². The maximum atomic E-state index is 3.43. The summed E-state index contributed by atoms with van der Waals surface area (Å²) < 4.78 is 0. The summed E-state index contributed by atoms with van der Waals surface area (Å²) in [6, 6.07) is 0. The fourth-order valence-electron chi connectivity index (χ4n) is 2.43.